The summed E-state index contributed by atoms with van der Waals surface area (Å²) >= 11 is 3.79. The first-order chi connectivity index (χ1) is 8.53. The molecule has 2 heterocycles. The average molecular weight is 279 g/mol. The fourth-order valence-corrected chi connectivity index (χ4v) is 4.39. The number of nitrogen functional groups attached to an aromatic ring is 1. The van der Waals surface area contributed by atoms with Gasteiger partial charge in [-0.2, -0.15) is 11.8 Å². The molecule has 0 aliphatic carbocycles. The molecule has 1 saturated heterocycles. The lowest BCUT2D eigenvalue weighted by Crippen LogP contribution is -2.43. The Morgan fingerprint density at radius 2 is 2.22 bits per heavy atom. The van der Waals surface area contributed by atoms with Crippen LogP contribution in [0.15, 0.2) is 18.2 Å². The van der Waals surface area contributed by atoms with Crippen molar-refractivity contribution in [3.05, 3.63) is 18.2 Å². The van der Waals surface area contributed by atoms with E-state index in [-0.39, 0.29) is 0 Å². The van der Waals surface area contributed by atoms with Crippen molar-refractivity contribution >= 4 is 44.1 Å². The molecular formula is C13H17N3S2. The second kappa shape index (κ2) is 4.31. The van der Waals surface area contributed by atoms with E-state index >= 15 is 0 Å². The van der Waals surface area contributed by atoms with Crippen molar-refractivity contribution in [2.75, 3.05) is 29.5 Å². The van der Waals surface area contributed by atoms with Crippen LogP contribution in [-0.4, -0.2) is 28.6 Å². The molecule has 18 heavy (non-hydrogen) atoms. The third-order valence-electron chi connectivity index (χ3n) is 3.10. The van der Waals surface area contributed by atoms with Gasteiger partial charge < -0.3 is 10.6 Å². The molecule has 1 aromatic carbocycles. The molecule has 1 aliphatic heterocycles. The Kier molecular flexibility index (Phi) is 2.90. The van der Waals surface area contributed by atoms with Gasteiger partial charge in [0, 0.05) is 29.3 Å². The van der Waals surface area contributed by atoms with E-state index in [1.165, 1.54) is 10.5 Å². The number of hydrogen-bond donors (Lipinski definition) is 1. The second-order valence-electron chi connectivity index (χ2n) is 5.25. The lowest BCUT2D eigenvalue weighted by atomic mass is 10.2. The van der Waals surface area contributed by atoms with E-state index in [0.717, 1.165) is 29.4 Å². The summed E-state index contributed by atoms with van der Waals surface area (Å²) in [6, 6.07) is 5.94. The summed E-state index contributed by atoms with van der Waals surface area (Å²) in [7, 11) is 0. The van der Waals surface area contributed by atoms with Crippen molar-refractivity contribution in [3.8, 4) is 0 Å². The predicted octanol–water partition coefficient (Wildman–Crippen LogP) is 3.21. The van der Waals surface area contributed by atoms with Gasteiger partial charge in [0.15, 0.2) is 5.13 Å². The number of rotatable bonds is 1. The summed E-state index contributed by atoms with van der Waals surface area (Å²) in [5.74, 6) is 1.17. The molecule has 0 unspecified atom stereocenters. The monoisotopic (exact) mass is 279 g/mol. The van der Waals surface area contributed by atoms with E-state index in [0.29, 0.717) is 4.75 Å². The fourth-order valence-electron chi connectivity index (χ4n) is 2.24. The van der Waals surface area contributed by atoms with Crippen LogP contribution in [0.25, 0.3) is 10.2 Å². The molecular weight excluding hydrogens is 262 g/mol. The van der Waals surface area contributed by atoms with Gasteiger partial charge >= 0.3 is 0 Å². The first-order valence-corrected chi connectivity index (χ1v) is 7.89. The van der Waals surface area contributed by atoms with Gasteiger partial charge in [0.1, 0.15) is 0 Å². The highest BCUT2D eigenvalue weighted by Gasteiger charge is 2.28. The summed E-state index contributed by atoms with van der Waals surface area (Å²) < 4.78 is 1.50. The Balaban J connectivity index is 1.94. The molecule has 1 aromatic heterocycles. The van der Waals surface area contributed by atoms with Crippen LogP contribution < -0.4 is 10.6 Å². The smallest absolute Gasteiger partial charge is 0.186 e. The minimum Gasteiger partial charge on any atom is -0.399 e. The maximum absolute atomic E-state index is 5.82. The van der Waals surface area contributed by atoms with Gasteiger partial charge in [-0.15, -0.1) is 0 Å². The van der Waals surface area contributed by atoms with Crippen molar-refractivity contribution < 1.29 is 0 Å². The summed E-state index contributed by atoms with van der Waals surface area (Å²) in [5.41, 5.74) is 7.68. The molecule has 0 amide bonds. The van der Waals surface area contributed by atoms with Crippen LogP contribution in [0, 0.1) is 0 Å². The standard InChI is InChI=1S/C13H17N3S2/c1-13(2)8-16(5-6-17-13)12-15-10-4-3-9(14)7-11(10)18-12/h3-4,7H,5-6,8,14H2,1-2H3. The van der Waals surface area contributed by atoms with Crippen molar-refractivity contribution in [1.82, 2.24) is 4.98 Å². The molecule has 0 radical (unpaired) electrons. The first kappa shape index (κ1) is 12.1. The molecule has 0 spiro atoms. The normalized spacial score (nSPS) is 19.3. The van der Waals surface area contributed by atoms with E-state index in [4.69, 9.17) is 10.7 Å². The molecule has 3 nitrogen and oxygen atoms in total. The van der Waals surface area contributed by atoms with Crippen molar-refractivity contribution in [2.24, 2.45) is 0 Å². The summed E-state index contributed by atoms with van der Waals surface area (Å²) in [6.45, 7) is 6.75. The quantitative estimate of drug-likeness (QED) is 0.814. The van der Waals surface area contributed by atoms with E-state index in [9.17, 15) is 0 Å². The molecule has 3 rings (SSSR count). The fraction of sp³-hybridized carbons (Fsp3) is 0.462. The second-order valence-corrected chi connectivity index (χ2v) is 8.06. The highest BCUT2D eigenvalue weighted by atomic mass is 32.2. The van der Waals surface area contributed by atoms with Gasteiger partial charge in [-0.3, -0.25) is 0 Å². The lowest BCUT2D eigenvalue weighted by molar-refractivity contribution is 0.647. The van der Waals surface area contributed by atoms with Gasteiger partial charge in [0.25, 0.3) is 0 Å². The maximum atomic E-state index is 5.82. The first-order valence-electron chi connectivity index (χ1n) is 6.08. The number of anilines is 2. The average Bonchev–Trinajstić information content (AvgIpc) is 2.70. The van der Waals surface area contributed by atoms with Crippen molar-refractivity contribution in [1.29, 1.82) is 0 Å². The Hall–Kier alpha value is -0.940. The molecule has 0 bridgehead atoms. The van der Waals surface area contributed by atoms with E-state index in [1.54, 1.807) is 11.3 Å². The summed E-state index contributed by atoms with van der Waals surface area (Å²) in [4.78, 5) is 7.12. The van der Waals surface area contributed by atoms with Gasteiger partial charge in [0.05, 0.1) is 10.2 Å². The Morgan fingerprint density at radius 1 is 1.39 bits per heavy atom. The number of nitrogens with two attached hydrogens (primary N) is 1. The number of benzene rings is 1. The van der Waals surface area contributed by atoms with Gasteiger partial charge in [0.2, 0.25) is 0 Å². The number of nitrogens with zero attached hydrogens (tertiary/aromatic N) is 2. The van der Waals surface area contributed by atoms with Crippen LogP contribution in [0.2, 0.25) is 0 Å². The van der Waals surface area contributed by atoms with Gasteiger partial charge in [-0.1, -0.05) is 11.3 Å². The molecule has 1 aliphatic rings. The van der Waals surface area contributed by atoms with Gasteiger partial charge in [-0.25, -0.2) is 4.98 Å². The number of thiazole rings is 1. The Bertz CT molecular complexity index is 577. The molecule has 0 saturated carbocycles. The van der Waals surface area contributed by atoms with Crippen LogP contribution in [-0.2, 0) is 0 Å². The lowest BCUT2D eigenvalue weighted by Gasteiger charge is -2.37. The number of fused-ring (bicyclic) bond motifs is 1. The minimum atomic E-state index is 0.315. The highest BCUT2D eigenvalue weighted by molar-refractivity contribution is 8.00. The van der Waals surface area contributed by atoms with Crippen LogP contribution in [0.1, 0.15) is 13.8 Å². The Labute approximate surface area is 115 Å². The molecule has 5 heteroatoms. The van der Waals surface area contributed by atoms with Crippen LogP contribution in [0.3, 0.4) is 0 Å². The van der Waals surface area contributed by atoms with Crippen molar-refractivity contribution in [2.45, 2.75) is 18.6 Å². The summed E-state index contributed by atoms with van der Waals surface area (Å²) in [5, 5.41) is 1.13. The van der Waals surface area contributed by atoms with E-state index in [1.807, 2.05) is 30.0 Å². The number of aromatic nitrogens is 1. The summed E-state index contributed by atoms with van der Waals surface area (Å²) in [6.07, 6.45) is 0. The van der Waals surface area contributed by atoms with Crippen LogP contribution >= 0.6 is 23.1 Å². The molecule has 2 aromatic rings. The third kappa shape index (κ3) is 2.29. The van der Waals surface area contributed by atoms with E-state index in [2.05, 4.69) is 18.7 Å². The zero-order valence-electron chi connectivity index (χ0n) is 10.6. The minimum absolute atomic E-state index is 0.315. The molecule has 96 valence electrons. The SMILES string of the molecule is CC1(C)CN(c2nc3ccc(N)cc3s2)CCS1. The molecule has 0 atom stereocenters. The number of hydrogen-bond acceptors (Lipinski definition) is 5. The Morgan fingerprint density at radius 3 is 3.00 bits per heavy atom. The topological polar surface area (TPSA) is 42.2 Å². The molecule has 1 fully saturated rings. The predicted molar refractivity (Wildman–Crippen MR) is 82.8 cm³/mol. The zero-order chi connectivity index (χ0) is 12.8. The highest BCUT2D eigenvalue weighted by Crippen LogP contribution is 2.36. The molecule has 2 N–H and O–H groups in total. The largest absolute Gasteiger partial charge is 0.399 e. The van der Waals surface area contributed by atoms with Crippen LogP contribution in [0.5, 0.6) is 0 Å². The third-order valence-corrected chi connectivity index (χ3v) is 5.47. The number of thioether (sulfide) groups is 1. The van der Waals surface area contributed by atoms with Crippen LogP contribution in [0.4, 0.5) is 10.8 Å². The zero-order valence-corrected chi connectivity index (χ0v) is 12.3. The van der Waals surface area contributed by atoms with Crippen molar-refractivity contribution in [3.63, 3.8) is 0 Å². The maximum Gasteiger partial charge on any atom is 0.186 e. The van der Waals surface area contributed by atoms with E-state index < -0.39 is 0 Å². The van der Waals surface area contributed by atoms with Gasteiger partial charge in [-0.05, 0) is 32.0 Å².